The van der Waals surface area contributed by atoms with Gasteiger partial charge in [-0.2, -0.15) is 0 Å². The Hall–Kier alpha value is -3.06. The van der Waals surface area contributed by atoms with Crippen molar-refractivity contribution in [3.63, 3.8) is 0 Å². The van der Waals surface area contributed by atoms with E-state index >= 15 is 0 Å². The summed E-state index contributed by atoms with van der Waals surface area (Å²) < 4.78 is 10.8. The summed E-state index contributed by atoms with van der Waals surface area (Å²) in [6, 6.07) is 16.1. The summed E-state index contributed by atoms with van der Waals surface area (Å²) in [5, 5.41) is 14.7. The van der Waals surface area contributed by atoms with Crippen LogP contribution < -0.4 is 15.4 Å². The molecule has 0 bridgehead atoms. The fourth-order valence-electron chi connectivity index (χ4n) is 2.20. The molecule has 1 unspecified atom stereocenters. The van der Waals surface area contributed by atoms with E-state index < -0.39 is 29.7 Å². The smallest absolute Gasteiger partial charge is 0.408 e. The molecular formula is C21H26N2O5. The van der Waals surface area contributed by atoms with Gasteiger partial charge in [0.2, 0.25) is 0 Å². The number of hydrogen-bond donors (Lipinski definition) is 3. The molecule has 0 aliphatic heterocycles. The van der Waals surface area contributed by atoms with Crippen LogP contribution in [0.2, 0.25) is 0 Å². The van der Waals surface area contributed by atoms with E-state index in [-0.39, 0.29) is 0 Å². The van der Waals surface area contributed by atoms with Crippen LogP contribution in [0.4, 0.5) is 10.5 Å². The van der Waals surface area contributed by atoms with Crippen molar-refractivity contribution in [2.75, 3.05) is 11.9 Å². The van der Waals surface area contributed by atoms with Crippen molar-refractivity contribution in [3.05, 3.63) is 54.6 Å². The molecule has 2 aromatic rings. The number of benzene rings is 2. The molecule has 0 spiro atoms. The Bertz CT molecular complexity index is 800. The fourth-order valence-corrected chi connectivity index (χ4v) is 2.20. The molecule has 150 valence electrons. The van der Waals surface area contributed by atoms with E-state index in [9.17, 15) is 14.7 Å². The number of ether oxygens (including phenoxy) is 2. The molecule has 7 heteroatoms. The highest BCUT2D eigenvalue weighted by atomic mass is 16.6. The first-order valence-electron chi connectivity index (χ1n) is 8.88. The normalized spacial score (nSPS) is 13.2. The van der Waals surface area contributed by atoms with Gasteiger partial charge in [0.05, 0.1) is 6.61 Å². The van der Waals surface area contributed by atoms with Crippen molar-refractivity contribution < 1.29 is 24.2 Å². The highest BCUT2D eigenvalue weighted by molar-refractivity contribution is 5.99. The van der Waals surface area contributed by atoms with E-state index in [2.05, 4.69) is 10.6 Å². The molecular weight excluding hydrogens is 360 g/mol. The summed E-state index contributed by atoms with van der Waals surface area (Å²) in [5.74, 6) is 0.743. The zero-order valence-corrected chi connectivity index (χ0v) is 16.5. The quantitative estimate of drug-likeness (QED) is 0.703. The van der Waals surface area contributed by atoms with Gasteiger partial charge in [-0.3, -0.25) is 4.79 Å². The van der Waals surface area contributed by atoms with Gasteiger partial charge in [0, 0.05) is 5.69 Å². The van der Waals surface area contributed by atoms with Gasteiger partial charge in [-0.05, 0) is 64.1 Å². The highest BCUT2D eigenvalue weighted by Crippen LogP contribution is 2.23. The number of rotatable bonds is 6. The average Bonchev–Trinajstić information content (AvgIpc) is 2.62. The molecule has 0 saturated carbocycles. The van der Waals surface area contributed by atoms with Gasteiger partial charge in [-0.25, -0.2) is 4.79 Å². The molecule has 2 aromatic carbocycles. The van der Waals surface area contributed by atoms with E-state index in [0.717, 1.165) is 0 Å². The molecule has 0 aliphatic rings. The molecule has 7 nitrogen and oxygen atoms in total. The number of nitrogens with one attached hydrogen (secondary N) is 2. The SMILES string of the molecule is CC(C)(C)OC(=O)NC(C)(CO)C(=O)Nc1ccc(Oc2ccccc2)cc1. The molecule has 0 saturated heterocycles. The van der Waals surface area contributed by atoms with Crippen molar-refractivity contribution in [2.24, 2.45) is 0 Å². The topological polar surface area (TPSA) is 96.9 Å². The Labute approximate surface area is 164 Å². The van der Waals surface area contributed by atoms with Crippen LogP contribution in [0.15, 0.2) is 54.6 Å². The predicted molar refractivity (Wildman–Crippen MR) is 106 cm³/mol. The number of carbonyl (C=O) groups excluding carboxylic acids is 2. The summed E-state index contributed by atoms with van der Waals surface area (Å²) in [6.07, 6.45) is -0.786. The summed E-state index contributed by atoms with van der Waals surface area (Å²) in [4.78, 5) is 24.5. The third-order valence-electron chi connectivity index (χ3n) is 3.69. The second-order valence-corrected chi connectivity index (χ2v) is 7.51. The van der Waals surface area contributed by atoms with Crippen LogP contribution in [0.25, 0.3) is 0 Å². The molecule has 3 N–H and O–H groups in total. The fraction of sp³-hybridized carbons (Fsp3) is 0.333. The predicted octanol–water partition coefficient (Wildman–Crippen LogP) is 3.69. The van der Waals surface area contributed by atoms with Gasteiger partial charge >= 0.3 is 6.09 Å². The lowest BCUT2D eigenvalue weighted by molar-refractivity contribution is -0.123. The monoisotopic (exact) mass is 386 g/mol. The van der Waals surface area contributed by atoms with Crippen LogP contribution in [-0.2, 0) is 9.53 Å². The minimum Gasteiger partial charge on any atom is -0.457 e. The molecule has 28 heavy (non-hydrogen) atoms. The Morgan fingerprint density at radius 2 is 1.50 bits per heavy atom. The minimum atomic E-state index is -1.54. The van der Waals surface area contributed by atoms with Crippen LogP contribution in [0.3, 0.4) is 0 Å². The Balaban J connectivity index is 2.00. The number of anilines is 1. The minimum absolute atomic E-state index is 0.496. The molecule has 0 heterocycles. The highest BCUT2D eigenvalue weighted by Gasteiger charge is 2.36. The number of amides is 2. The maximum atomic E-state index is 12.6. The Morgan fingerprint density at radius 3 is 2.04 bits per heavy atom. The van der Waals surface area contributed by atoms with Gasteiger partial charge in [0.25, 0.3) is 5.91 Å². The lowest BCUT2D eigenvalue weighted by atomic mass is 10.0. The van der Waals surface area contributed by atoms with Gasteiger partial charge < -0.3 is 25.2 Å². The van der Waals surface area contributed by atoms with Crippen molar-refractivity contribution in [2.45, 2.75) is 38.8 Å². The number of carbonyl (C=O) groups is 2. The Morgan fingerprint density at radius 1 is 0.929 bits per heavy atom. The first-order chi connectivity index (χ1) is 13.1. The van der Waals surface area contributed by atoms with Crippen LogP contribution in [-0.4, -0.2) is 34.9 Å². The standard InChI is InChI=1S/C21H26N2O5/c1-20(2,3)28-19(26)23-21(4,14-24)18(25)22-15-10-12-17(13-11-15)27-16-8-6-5-7-9-16/h5-13,24H,14H2,1-4H3,(H,22,25)(H,23,26). The lowest BCUT2D eigenvalue weighted by Crippen LogP contribution is -2.58. The van der Waals surface area contributed by atoms with Crippen LogP contribution in [0.1, 0.15) is 27.7 Å². The van der Waals surface area contributed by atoms with Gasteiger partial charge in [0.1, 0.15) is 22.6 Å². The summed E-state index contributed by atoms with van der Waals surface area (Å²) >= 11 is 0. The maximum Gasteiger partial charge on any atom is 0.408 e. The van der Waals surface area contributed by atoms with E-state index in [0.29, 0.717) is 17.2 Å². The van der Waals surface area contributed by atoms with Gasteiger partial charge in [-0.15, -0.1) is 0 Å². The Kier molecular flexibility index (Phi) is 6.64. The lowest BCUT2D eigenvalue weighted by Gasteiger charge is -2.29. The van der Waals surface area contributed by atoms with Crippen LogP contribution >= 0.6 is 0 Å². The van der Waals surface area contributed by atoms with E-state index in [1.807, 2.05) is 30.3 Å². The first-order valence-corrected chi connectivity index (χ1v) is 8.88. The second kappa shape index (κ2) is 8.75. The van der Waals surface area contributed by atoms with Crippen LogP contribution in [0.5, 0.6) is 11.5 Å². The van der Waals surface area contributed by atoms with Crippen LogP contribution in [0, 0.1) is 0 Å². The van der Waals surface area contributed by atoms with Gasteiger partial charge in [0.15, 0.2) is 0 Å². The van der Waals surface area contributed by atoms with Crippen molar-refractivity contribution in [1.29, 1.82) is 0 Å². The zero-order valence-electron chi connectivity index (χ0n) is 16.5. The summed E-state index contributed by atoms with van der Waals surface area (Å²) in [6.45, 7) is 5.96. The van der Waals surface area contributed by atoms with Crippen molar-refractivity contribution >= 4 is 17.7 Å². The molecule has 1 atom stereocenters. The largest absolute Gasteiger partial charge is 0.457 e. The van der Waals surface area contributed by atoms with Gasteiger partial charge in [-0.1, -0.05) is 18.2 Å². The van der Waals surface area contributed by atoms with E-state index in [4.69, 9.17) is 9.47 Å². The third-order valence-corrected chi connectivity index (χ3v) is 3.69. The number of aliphatic hydroxyl groups is 1. The number of aliphatic hydroxyl groups excluding tert-OH is 1. The maximum absolute atomic E-state index is 12.6. The second-order valence-electron chi connectivity index (χ2n) is 7.51. The summed E-state index contributed by atoms with van der Waals surface area (Å²) in [5.41, 5.74) is -1.76. The van der Waals surface area contributed by atoms with Crippen molar-refractivity contribution in [1.82, 2.24) is 5.32 Å². The molecule has 0 aliphatic carbocycles. The number of alkyl carbamates (subject to hydrolysis) is 1. The first kappa shape index (κ1) is 21.2. The molecule has 2 rings (SSSR count). The third kappa shape index (κ3) is 6.28. The number of para-hydroxylation sites is 1. The molecule has 2 amide bonds. The molecule has 0 aromatic heterocycles. The van der Waals surface area contributed by atoms with E-state index in [1.165, 1.54) is 6.92 Å². The zero-order chi connectivity index (χ0) is 20.8. The van der Waals surface area contributed by atoms with Crippen molar-refractivity contribution in [3.8, 4) is 11.5 Å². The average molecular weight is 386 g/mol. The molecule has 0 radical (unpaired) electrons. The summed E-state index contributed by atoms with van der Waals surface area (Å²) in [7, 11) is 0. The molecule has 0 fully saturated rings. The van der Waals surface area contributed by atoms with E-state index in [1.54, 1.807) is 45.0 Å². The number of hydrogen-bond acceptors (Lipinski definition) is 5.